The molecule has 0 radical (unpaired) electrons. The van der Waals surface area contributed by atoms with Gasteiger partial charge in [-0.15, -0.1) is 6.58 Å². The van der Waals surface area contributed by atoms with Crippen molar-refractivity contribution in [2.24, 2.45) is 17.3 Å². The van der Waals surface area contributed by atoms with E-state index in [1.165, 1.54) is 0 Å². The van der Waals surface area contributed by atoms with Crippen molar-refractivity contribution in [3.05, 3.63) is 12.7 Å². The Morgan fingerprint density at radius 2 is 2.29 bits per heavy atom. The average Bonchev–Trinajstić information content (AvgIpc) is 2.51. The SMILES string of the molecule is C=CCC12CCOC1(O)CC(C)C2C. The maximum Gasteiger partial charge on any atom is 0.171 e. The second-order valence-corrected chi connectivity index (χ2v) is 5.00. The highest BCUT2D eigenvalue weighted by Crippen LogP contribution is 2.61. The Kier molecular flexibility index (Phi) is 2.24. The minimum absolute atomic E-state index is 0.0613. The van der Waals surface area contributed by atoms with Crippen molar-refractivity contribution in [3.8, 4) is 0 Å². The molecule has 0 aromatic heterocycles. The summed E-state index contributed by atoms with van der Waals surface area (Å²) in [5.74, 6) is 0.188. The smallest absolute Gasteiger partial charge is 0.171 e. The first-order valence-corrected chi connectivity index (χ1v) is 5.53. The predicted molar refractivity (Wildman–Crippen MR) is 55.7 cm³/mol. The topological polar surface area (TPSA) is 29.5 Å². The molecule has 2 aliphatic rings. The quantitative estimate of drug-likeness (QED) is 0.687. The molecule has 0 bridgehead atoms. The van der Waals surface area contributed by atoms with E-state index in [9.17, 15) is 5.11 Å². The number of aliphatic hydroxyl groups is 1. The Morgan fingerprint density at radius 1 is 1.57 bits per heavy atom. The minimum Gasteiger partial charge on any atom is -0.365 e. The van der Waals surface area contributed by atoms with Gasteiger partial charge >= 0.3 is 0 Å². The van der Waals surface area contributed by atoms with Crippen LogP contribution in [0, 0.1) is 17.3 Å². The first-order chi connectivity index (χ1) is 6.56. The van der Waals surface area contributed by atoms with E-state index >= 15 is 0 Å². The third kappa shape index (κ3) is 1.04. The van der Waals surface area contributed by atoms with Gasteiger partial charge in [0.25, 0.3) is 0 Å². The van der Waals surface area contributed by atoms with E-state index in [4.69, 9.17) is 4.74 Å². The molecule has 0 spiro atoms. The van der Waals surface area contributed by atoms with E-state index in [1.807, 2.05) is 6.08 Å². The lowest BCUT2D eigenvalue weighted by Crippen LogP contribution is -2.42. The maximum absolute atomic E-state index is 10.5. The van der Waals surface area contributed by atoms with Crippen molar-refractivity contribution in [1.29, 1.82) is 0 Å². The summed E-state index contributed by atoms with van der Waals surface area (Å²) in [5, 5.41) is 10.5. The van der Waals surface area contributed by atoms with Crippen LogP contribution in [0.25, 0.3) is 0 Å². The maximum atomic E-state index is 10.5. The Morgan fingerprint density at radius 3 is 2.93 bits per heavy atom. The number of ether oxygens (including phenoxy) is 1. The monoisotopic (exact) mass is 196 g/mol. The molecular formula is C12H20O2. The van der Waals surface area contributed by atoms with E-state index in [1.54, 1.807) is 0 Å². The van der Waals surface area contributed by atoms with Gasteiger partial charge in [0, 0.05) is 11.8 Å². The van der Waals surface area contributed by atoms with Crippen molar-refractivity contribution in [1.82, 2.24) is 0 Å². The van der Waals surface area contributed by atoms with Crippen LogP contribution in [0.15, 0.2) is 12.7 Å². The number of hydrogen-bond acceptors (Lipinski definition) is 2. The molecule has 4 atom stereocenters. The van der Waals surface area contributed by atoms with Gasteiger partial charge in [0.05, 0.1) is 6.61 Å². The summed E-state index contributed by atoms with van der Waals surface area (Å²) < 4.78 is 5.57. The molecule has 14 heavy (non-hydrogen) atoms. The van der Waals surface area contributed by atoms with E-state index in [2.05, 4.69) is 20.4 Å². The van der Waals surface area contributed by atoms with Gasteiger partial charge in [-0.3, -0.25) is 0 Å². The van der Waals surface area contributed by atoms with Crippen molar-refractivity contribution in [3.63, 3.8) is 0 Å². The van der Waals surface area contributed by atoms with Gasteiger partial charge < -0.3 is 9.84 Å². The summed E-state index contributed by atoms with van der Waals surface area (Å²) in [6.07, 6.45) is 4.55. The lowest BCUT2D eigenvalue weighted by molar-refractivity contribution is -0.216. The highest BCUT2D eigenvalue weighted by Gasteiger charge is 2.63. The van der Waals surface area contributed by atoms with Gasteiger partial charge in [0.15, 0.2) is 5.79 Å². The molecule has 2 fully saturated rings. The van der Waals surface area contributed by atoms with Crippen LogP contribution in [-0.2, 0) is 4.74 Å². The number of fused-ring (bicyclic) bond motifs is 1. The molecule has 1 saturated heterocycles. The zero-order valence-electron chi connectivity index (χ0n) is 9.12. The van der Waals surface area contributed by atoms with Crippen LogP contribution < -0.4 is 0 Å². The van der Waals surface area contributed by atoms with E-state index in [0.717, 1.165) is 19.3 Å². The van der Waals surface area contributed by atoms with Gasteiger partial charge in [-0.2, -0.15) is 0 Å². The summed E-state index contributed by atoms with van der Waals surface area (Å²) in [6, 6.07) is 0. The largest absolute Gasteiger partial charge is 0.365 e. The lowest BCUT2D eigenvalue weighted by Gasteiger charge is -2.37. The molecule has 1 N–H and O–H groups in total. The van der Waals surface area contributed by atoms with Gasteiger partial charge in [0.1, 0.15) is 0 Å². The zero-order valence-corrected chi connectivity index (χ0v) is 9.12. The Balaban J connectivity index is 2.36. The molecule has 2 heteroatoms. The van der Waals surface area contributed by atoms with E-state index in [0.29, 0.717) is 18.4 Å². The van der Waals surface area contributed by atoms with Crippen LogP contribution in [0.5, 0.6) is 0 Å². The first kappa shape index (κ1) is 10.2. The van der Waals surface area contributed by atoms with Gasteiger partial charge in [-0.05, 0) is 24.7 Å². The zero-order chi connectivity index (χ0) is 10.4. The molecule has 2 nitrogen and oxygen atoms in total. The Bertz CT molecular complexity index is 251. The summed E-state index contributed by atoms with van der Waals surface area (Å²) in [7, 11) is 0. The molecule has 2 rings (SSSR count). The highest BCUT2D eigenvalue weighted by molar-refractivity contribution is 5.09. The Hall–Kier alpha value is -0.340. The predicted octanol–water partition coefficient (Wildman–Crippen LogP) is 2.33. The molecule has 1 aliphatic carbocycles. The van der Waals surface area contributed by atoms with Crippen LogP contribution in [-0.4, -0.2) is 17.5 Å². The normalized spacial score (nSPS) is 51.9. The molecular weight excluding hydrogens is 176 g/mol. The standard InChI is InChI=1S/C12H20O2/c1-4-5-11-6-7-14-12(11,13)8-9(2)10(11)3/h4,9-10,13H,1,5-8H2,2-3H3. The summed E-state index contributed by atoms with van der Waals surface area (Å²) in [5.41, 5.74) is -0.0613. The van der Waals surface area contributed by atoms with Gasteiger partial charge in [0.2, 0.25) is 0 Å². The van der Waals surface area contributed by atoms with E-state index in [-0.39, 0.29) is 5.41 Å². The summed E-state index contributed by atoms with van der Waals surface area (Å²) >= 11 is 0. The molecule has 0 aromatic rings. The highest BCUT2D eigenvalue weighted by atomic mass is 16.6. The fraction of sp³-hybridized carbons (Fsp3) is 0.833. The molecule has 1 aliphatic heterocycles. The number of rotatable bonds is 2. The molecule has 0 amide bonds. The minimum atomic E-state index is -0.875. The first-order valence-electron chi connectivity index (χ1n) is 5.53. The van der Waals surface area contributed by atoms with Crippen molar-refractivity contribution in [2.45, 2.75) is 38.9 Å². The fourth-order valence-corrected chi connectivity index (χ4v) is 3.45. The van der Waals surface area contributed by atoms with Crippen LogP contribution in [0.4, 0.5) is 0 Å². The molecule has 1 saturated carbocycles. The molecule has 4 unspecified atom stereocenters. The second-order valence-electron chi connectivity index (χ2n) is 5.00. The molecule has 1 heterocycles. The van der Waals surface area contributed by atoms with Crippen LogP contribution >= 0.6 is 0 Å². The second kappa shape index (κ2) is 3.07. The van der Waals surface area contributed by atoms with E-state index < -0.39 is 5.79 Å². The fourth-order valence-electron chi connectivity index (χ4n) is 3.45. The van der Waals surface area contributed by atoms with Gasteiger partial charge in [-0.1, -0.05) is 19.9 Å². The molecule has 80 valence electrons. The van der Waals surface area contributed by atoms with Crippen LogP contribution in [0.3, 0.4) is 0 Å². The van der Waals surface area contributed by atoms with Crippen molar-refractivity contribution in [2.75, 3.05) is 6.61 Å². The average molecular weight is 196 g/mol. The summed E-state index contributed by atoms with van der Waals surface area (Å²) in [6.45, 7) is 8.94. The lowest BCUT2D eigenvalue weighted by atomic mass is 9.70. The summed E-state index contributed by atoms with van der Waals surface area (Å²) in [4.78, 5) is 0. The van der Waals surface area contributed by atoms with Crippen molar-refractivity contribution >= 4 is 0 Å². The Labute approximate surface area is 86.0 Å². The third-order valence-corrected chi connectivity index (χ3v) is 4.50. The number of allylic oxidation sites excluding steroid dienone is 1. The van der Waals surface area contributed by atoms with Gasteiger partial charge in [-0.25, -0.2) is 0 Å². The van der Waals surface area contributed by atoms with Crippen molar-refractivity contribution < 1.29 is 9.84 Å². The van der Waals surface area contributed by atoms with Crippen LogP contribution in [0.2, 0.25) is 0 Å². The third-order valence-electron chi connectivity index (χ3n) is 4.50. The molecule has 0 aromatic carbocycles. The van der Waals surface area contributed by atoms with Crippen LogP contribution in [0.1, 0.15) is 33.1 Å². The number of hydrogen-bond donors (Lipinski definition) is 1.